The number of hydrogen-bond acceptors (Lipinski definition) is 5. The van der Waals surface area contributed by atoms with Gasteiger partial charge in [-0.25, -0.2) is 4.79 Å². The summed E-state index contributed by atoms with van der Waals surface area (Å²) >= 11 is 0. The molecule has 18 heavy (non-hydrogen) atoms. The number of alkyl carbamates (subject to hydrolysis) is 1. The minimum absolute atomic E-state index is 0.184. The number of hydrogen-bond donors (Lipinski definition) is 2. The first kappa shape index (κ1) is 13.8. The van der Waals surface area contributed by atoms with Crippen LogP contribution in [0.25, 0.3) is 0 Å². The van der Waals surface area contributed by atoms with Gasteiger partial charge in [-0.05, 0) is 26.8 Å². The second-order valence-electron chi connectivity index (χ2n) is 4.73. The summed E-state index contributed by atoms with van der Waals surface area (Å²) in [5.41, 5.74) is 6.20. The van der Waals surface area contributed by atoms with E-state index in [1.54, 1.807) is 20.8 Å². The lowest BCUT2D eigenvalue weighted by Gasteiger charge is -2.19. The van der Waals surface area contributed by atoms with E-state index in [9.17, 15) is 4.79 Å². The van der Waals surface area contributed by atoms with Gasteiger partial charge in [0.25, 0.3) is 0 Å². The Balaban J connectivity index is 2.60. The Morgan fingerprint density at radius 2 is 2.28 bits per heavy atom. The molecular formula is C12H16N4O2. The van der Waals surface area contributed by atoms with Crippen LogP contribution < -0.4 is 11.1 Å². The number of nitrogens with zero attached hydrogens (tertiary/aromatic N) is 2. The predicted molar refractivity (Wildman–Crippen MR) is 66.4 cm³/mol. The summed E-state index contributed by atoms with van der Waals surface area (Å²) in [5, 5.41) is 11.4. The summed E-state index contributed by atoms with van der Waals surface area (Å²) in [6.07, 6.45) is 0.865. The molecule has 1 aromatic rings. The minimum atomic E-state index is -0.545. The van der Waals surface area contributed by atoms with E-state index in [0.29, 0.717) is 16.9 Å². The summed E-state index contributed by atoms with van der Waals surface area (Å²) in [7, 11) is 0. The Labute approximate surface area is 106 Å². The lowest BCUT2D eigenvalue weighted by molar-refractivity contribution is 0.0523. The molecule has 1 aromatic heterocycles. The number of carbonyl (C=O) groups is 1. The highest BCUT2D eigenvalue weighted by Crippen LogP contribution is 2.10. The van der Waals surface area contributed by atoms with Crippen LogP contribution in [0.4, 0.5) is 10.5 Å². The number of rotatable bonds is 2. The minimum Gasteiger partial charge on any atom is -0.444 e. The molecule has 0 saturated carbocycles. The topological polar surface area (TPSA) is 101 Å². The van der Waals surface area contributed by atoms with Crippen LogP contribution in [0.1, 0.15) is 32.0 Å². The van der Waals surface area contributed by atoms with Crippen molar-refractivity contribution < 1.29 is 9.53 Å². The molecule has 0 aliphatic carbocycles. The first-order chi connectivity index (χ1) is 8.31. The maximum absolute atomic E-state index is 11.4. The number of nitrogen functional groups attached to an aromatic ring is 1. The zero-order valence-electron chi connectivity index (χ0n) is 10.7. The second-order valence-corrected chi connectivity index (χ2v) is 4.73. The molecule has 0 aromatic carbocycles. The van der Waals surface area contributed by atoms with Crippen molar-refractivity contribution in [1.82, 2.24) is 10.3 Å². The van der Waals surface area contributed by atoms with Crippen LogP contribution in [0, 0.1) is 11.3 Å². The molecule has 96 valence electrons. The lowest BCUT2D eigenvalue weighted by Crippen LogP contribution is -2.32. The zero-order valence-corrected chi connectivity index (χ0v) is 10.7. The van der Waals surface area contributed by atoms with E-state index in [2.05, 4.69) is 10.3 Å². The van der Waals surface area contributed by atoms with Gasteiger partial charge < -0.3 is 15.8 Å². The monoisotopic (exact) mass is 248 g/mol. The largest absolute Gasteiger partial charge is 0.444 e. The molecule has 0 spiro atoms. The van der Waals surface area contributed by atoms with E-state index in [1.165, 1.54) is 12.3 Å². The van der Waals surface area contributed by atoms with Crippen molar-refractivity contribution in [2.75, 3.05) is 5.73 Å². The van der Waals surface area contributed by atoms with Crippen LogP contribution in [-0.2, 0) is 11.3 Å². The molecule has 6 nitrogen and oxygen atoms in total. The van der Waals surface area contributed by atoms with E-state index in [0.717, 1.165) is 0 Å². The molecule has 0 unspecified atom stereocenters. The second kappa shape index (κ2) is 5.36. The highest BCUT2D eigenvalue weighted by atomic mass is 16.6. The van der Waals surface area contributed by atoms with E-state index < -0.39 is 11.7 Å². The fraction of sp³-hybridized carbons (Fsp3) is 0.417. The summed E-state index contributed by atoms with van der Waals surface area (Å²) in [5.74, 6) is 0. The Hall–Kier alpha value is -2.29. The fourth-order valence-electron chi connectivity index (χ4n) is 1.18. The Morgan fingerprint density at radius 1 is 1.61 bits per heavy atom. The number of nitriles is 1. The van der Waals surface area contributed by atoms with Crippen LogP contribution in [-0.4, -0.2) is 16.7 Å². The Bertz CT molecular complexity index is 486. The normalized spacial score (nSPS) is 10.6. The lowest BCUT2D eigenvalue weighted by atomic mass is 10.2. The number of carbonyl (C=O) groups excluding carboxylic acids is 1. The van der Waals surface area contributed by atoms with Gasteiger partial charge in [0, 0.05) is 0 Å². The summed E-state index contributed by atoms with van der Waals surface area (Å²) in [6, 6.07) is 3.49. The van der Waals surface area contributed by atoms with Gasteiger partial charge in [0.1, 0.15) is 11.7 Å². The average molecular weight is 248 g/mol. The van der Waals surface area contributed by atoms with Crippen molar-refractivity contribution >= 4 is 11.8 Å². The average Bonchev–Trinajstić information content (AvgIpc) is 2.25. The third-order valence-corrected chi connectivity index (χ3v) is 1.92. The van der Waals surface area contributed by atoms with Crippen molar-refractivity contribution in [3.8, 4) is 6.07 Å². The maximum Gasteiger partial charge on any atom is 0.407 e. The van der Waals surface area contributed by atoms with Crippen molar-refractivity contribution in [3.63, 3.8) is 0 Å². The van der Waals surface area contributed by atoms with E-state index >= 15 is 0 Å². The quantitative estimate of drug-likeness (QED) is 0.827. The molecule has 0 saturated heterocycles. The molecule has 1 heterocycles. The first-order valence-corrected chi connectivity index (χ1v) is 5.43. The van der Waals surface area contributed by atoms with Gasteiger partial charge >= 0.3 is 6.09 Å². The summed E-state index contributed by atoms with van der Waals surface area (Å²) < 4.78 is 5.07. The number of nitrogens with one attached hydrogen (secondary N) is 1. The maximum atomic E-state index is 11.4. The Morgan fingerprint density at radius 3 is 2.83 bits per heavy atom. The van der Waals surface area contributed by atoms with E-state index in [1.807, 2.05) is 6.07 Å². The molecule has 0 atom stereocenters. The highest BCUT2D eigenvalue weighted by Gasteiger charge is 2.15. The Kier molecular flexibility index (Phi) is 4.10. The van der Waals surface area contributed by atoms with E-state index in [-0.39, 0.29) is 6.54 Å². The number of ether oxygens (including phenoxy) is 1. The first-order valence-electron chi connectivity index (χ1n) is 5.43. The standard InChI is InChI=1S/C12H16N4O2/c1-12(2,3)18-11(17)16-6-9-4-8(5-13)10(14)7-15-9/h4,7H,6,14H2,1-3H3,(H,16,17). The van der Waals surface area contributed by atoms with Crippen molar-refractivity contribution in [2.24, 2.45) is 0 Å². The number of aromatic nitrogens is 1. The molecule has 0 bridgehead atoms. The zero-order chi connectivity index (χ0) is 13.8. The summed E-state index contributed by atoms with van der Waals surface area (Å²) in [4.78, 5) is 15.4. The predicted octanol–water partition coefficient (Wildman–Crippen LogP) is 1.56. The van der Waals surface area contributed by atoms with Gasteiger partial charge in [-0.1, -0.05) is 0 Å². The molecule has 0 fully saturated rings. The van der Waals surface area contributed by atoms with Gasteiger partial charge in [0.05, 0.1) is 29.7 Å². The van der Waals surface area contributed by atoms with Gasteiger partial charge in [0.2, 0.25) is 0 Å². The summed E-state index contributed by atoms with van der Waals surface area (Å²) in [6.45, 7) is 5.52. The number of anilines is 1. The molecule has 6 heteroatoms. The van der Waals surface area contributed by atoms with Crippen LogP contribution in [0.5, 0.6) is 0 Å². The fourth-order valence-corrected chi connectivity index (χ4v) is 1.18. The van der Waals surface area contributed by atoms with Gasteiger partial charge in [-0.2, -0.15) is 5.26 Å². The molecule has 1 rings (SSSR count). The van der Waals surface area contributed by atoms with Crippen molar-refractivity contribution in [1.29, 1.82) is 5.26 Å². The molecule has 0 aliphatic heterocycles. The van der Waals surface area contributed by atoms with Crippen LogP contribution in [0.2, 0.25) is 0 Å². The van der Waals surface area contributed by atoms with Gasteiger partial charge in [0.15, 0.2) is 0 Å². The van der Waals surface area contributed by atoms with Crippen LogP contribution in [0.3, 0.4) is 0 Å². The molecular weight excluding hydrogens is 232 g/mol. The van der Waals surface area contributed by atoms with Crippen molar-refractivity contribution in [2.45, 2.75) is 32.9 Å². The van der Waals surface area contributed by atoms with E-state index in [4.69, 9.17) is 15.7 Å². The third kappa shape index (κ3) is 4.29. The van der Waals surface area contributed by atoms with Crippen LogP contribution >= 0.6 is 0 Å². The molecule has 1 amide bonds. The van der Waals surface area contributed by atoms with Crippen molar-refractivity contribution in [3.05, 3.63) is 23.5 Å². The number of pyridine rings is 1. The number of nitrogens with two attached hydrogens (primary N) is 1. The molecule has 0 radical (unpaired) electrons. The molecule has 3 N–H and O–H groups in total. The van der Waals surface area contributed by atoms with Gasteiger partial charge in [-0.15, -0.1) is 0 Å². The molecule has 0 aliphatic rings. The smallest absolute Gasteiger partial charge is 0.407 e. The number of amides is 1. The SMILES string of the molecule is CC(C)(C)OC(=O)NCc1cc(C#N)c(N)cn1. The van der Waals surface area contributed by atoms with Crippen LogP contribution in [0.15, 0.2) is 12.3 Å². The van der Waals surface area contributed by atoms with Gasteiger partial charge in [-0.3, -0.25) is 4.98 Å². The highest BCUT2D eigenvalue weighted by molar-refractivity contribution is 5.67. The third-order valence-electron chi connectivity index (χ3n) is 1.92.